The van der Waals surface area contributed by atoms with Crippen molar-refractivity contribution in [2.24, 2.45) is 0 Å². The van der Waals surface area contributed by atoms with Gasteiger partial charge in [-0.1, -0.05) is 29.8 Å². The summed E-state index contributed by atoms with van der Waals surface area (Å²) in [4.78, 5) is 15.2. The van der Waals surface area contributed by atoms with E-state index in [1.807, 2.05) is 30.5 Å². The van der Waals surface area contributed by atoms with Crippen LogP contribution in [0, 0.1) is 0 Å². The molecule has 0 fully saturated rings. The summed E-state index contributed by atoms with van der Waals surface area (Å²) in [5.74, 6) is 0.145. The predicted octanol–water partition coefficient (Wildman–Crippen LogP) is 4.73. The van der Waals surface area contributed by atoms with Gasteiger partial charge in [-0.3, -0.25) is 4.79 Å². The highest BCUT2D eigenvalue weighted by Gasteiger charge is 2.12. The summed E-state index contributed by atoms with van der Waals surface area (Å²) in [6.07, 6.45) is 2.04. The molecule has 0 amide bonds. The number of hydrogen-bond acceptors (Lipinski definition) is 2. The molecule has 0 spiro atoms. The second kappa shape index (κ2) is 5.92. The Bertz CT molecular complexity index is 813. The van der Waals surface area contributed by atoms with E-state index in [1.54, 1.807) is 18.2 Å². The van der Waals surface area contributed by atoms with E-state index in [2.05, 4.69) is 20.9 Å². The largest absolute Gasteiger partial charge is 0.425 e. The smallest absolute Gasteiger partial charge is 0.315 e. The molecule has 2 aromatic carbocycles. The molecule has 0 bridgehead atoms. The van der Waals surface area contributed by atoms with Crippen molar-refractivity contribution in [1.82, 2.24) is 4.98 Å². The normalized spacial score (nSPS) is 10.8. The number of ether oxygens (including phenoxy) is 1. The van der Waals surface area contributed by atoms with Gasteiger partial charge in [0.25, 0.3) is 0 Å². The predicted molar refractivity (Wildman–Crippen MR) is 86.8 cm³/mol. The molecule has 0 atom stereocenters. The zero-order valence-corrected chi connectivity index (χ0v) is 13.2. The topological polar surface area (TPSA) is 42.1 Å². The summed E-state index contributed by atoms with van der Waals surface area (Å²) < 4.78 is 6.02. The van der Waals surface area contributed by atoms with Crippen LogP contribution in [0.1, 0.15) is 5.56 Å². The van der Waals surface area contributed by atoms with E-state index < -0.39 is 0 Å². The number of para-hydroxylation sites is 1. The van der Waals surface area contributed by atoms with Crippen molar-refractivity contribution in [1.29, 1.82) is 0 Å². The van der Waals surface area contributed by atoms with Crippen LogP contribution in [0.25, 0.3) is 10.9 Å². The van der Waals surface area contributed by atoms with E-state index >= 15 is 0 Å². The van der Waals surface area contributed by atoms with Gasteiger partial charge in [0.2, 0.25) is 0 Å². The zero-order valence-electron chi connectivity index (χ0n) is 10.9. The second-order valence-corrected chi connectivity index (χ2v) is 5.88. The van der Waals surface area contributed by atoms with Crippen LogP contribution in [-0.2, 0) is 11.2 Å². The first kappa shape index (κ1) is 14.2. The number of esters is 1. The lowest BCUT2D eigenvalue weighted by atomic mass is 10.1. The van der Waals surface area contributed by atoms with Gasteiger partial charge in [-0.05, 0) is 45.8 Å². The number of H-pyrrole nitrogens is 1. The first-order chi connectivity index (χ1) is 10.1. The molecule has 3 aromatic rings. The summed E-state index contributed by atoms with van der Waals surface area (Å²) in [5, 5.41) is 1.61. The van der Waals surface area contributed by atoms with Gasteiger partial charge in [0, 0.05) is 22.1 Å². The molecule has 0 saturated heterocycles. The van der Waals surface area contributed by atoms with Gasteiger partial charge in [-0.2, -0.15) is 0 Å². The molecule has 3 rings (SSSR count). The molecule has 0 aliphatic carbocycles. The van der Waals surface area contributed by atoms with E-state index in [-0.39, 0.29) is 12.4 Å². The number of halogens is 2. The summed E-state index contributed by atoms with van der Waals surface area (Å²) in [6, 6.07) is 12.9. The maximum Gasteiger partial charge on any atom is 0.315 e. The molecule has 1 aromatic heterocycles. The van der Waals surface area contributed by atoms with Gasteiger partial charge in [-0.15, -0.1) is 0 Å². The van der Waals surface area contributed by atoms with E-state index in [1.165, 1.54) is 0 Å². The molecule has 106 valence electrons. The summed E-state index contributed by atoms with van der Waals surface area (Å²) in [7, 11) is 0. The number of aromatic amines is 1. The fraction of sp³-hybridized carbons (Fsp3) is 0.0625. The van der Waals surface area contributed by atoms with Crippen LogP contribution >= 0.6 is 27.5 Å². The Hall–Kier alpha value is -1.78. The molecule has 0 saturated carbocycles. The lowest BCUT2D eigenvalue weighted by Gasteiger charge is -2.06. The molecule has 0 radical (unpaired) electrons. The number of aromatic nitrogens is 1. The second-order valence-electron chi connectivity index (χ2n) is 4.59. The fourth-order valence-corrected chi connectivity index (χ4v) is 2.91. The molecule has 0 aliphatic rings. The van der Waals surface area contributed by atoms with Crippen molar-refractivity contribution in [3.05, 3.63) is 63.7 Å². The van der Waals surface area contributed by atoms with Crippen molar-refractivity contribution in [2.75, 3.05) is 0 Å². The van der Waals surface area contributed by atoms with Crippen LogP contribution in [0.4, 0.5) is 0 Å². The number of rotatable bonds is 3. The van der Waals surface area contributed by atoms with Crippen LogP contribution in [-0.4, -0.2) is 11.0 Å². The molecule has 1 N–H and O–H groups in total. The van der Waals surface area contributed by atoms with Crippen LogP contribution in [0.15, 0.2) is 53.1 Å². The summed E-state index contributed by atoms with van der Waals surface area (Å²) in [5.41, 5.74) is 1.92. The van der Waals surface area contributed by atoms with Crippen LogP contribution in [0.2, 0.25) is 5.02 Å². The third kappa shape index (κ3) is 3.12. The van der Waals surface area contributed by atoms with E-state index in [9.17, 15) is 4.79 Å². The molecule has 1 heterocycles. The highest BCUT2D eigenvalue weighted by molar-refractivity contribution is 9.10. The van der Waals surface area contributed by atoms with Crippen LogP contribution < -0.4 is 4.74 Å². The molecule has 21 heavy (non-hydrogen) atoms. The van der Waals surface area contributed by atoms with Crippen molar-refractivity contribution < 1.29 is 9.53 Å². The van der Waals surface area contributed by atoms with Crippen molar-refractivity contribution in [3.8, 4) is 5.75 Å². The lowest BCUT2D eigenvalue weighted by Crippen LogP contribution is -2.11. The van der Waals surface area contributed by atoms with E-state index in [4.69, 9.17) is 16.3 Å². The SMILES string of the molecule is O=C(Cc1c[nH]c2ccccc12)Oc1ccc(Cl)cc1Br. The van der Waals surface area contributed by atoms with Crippen LogP contribution in [0.3, 0.4) is 0 Å². The molecule has 3 nitrogen and oxygen atoms in total. The minimum absolute atomic E-state index is 0.207. The first-order valence-electron chi connectivity index (χ1n) is 6.34. The fourth-order valence-electron chi connectivity index (χ4n) is 2.15. The third-order valence-electron chi connectivity index (χ3n) is 3.13. The standard InChI is InChI=1S/C16H11BrClNO2/c17-13-8-11(18)5-6-15(13)21-16(20)7-10-9-19-14-4-2-1-3-12(10)14/h1-6,8-9,19H,7H2. The quantitative estimate of drug-likeness (QED) is 0.539. The number of hydrogen-bond donors (Lipinski definition) is 1. The van der Waals surface area contributed by atoms with Gasteiger partial charge in [0.05, 0.1) is 10.9 Å². The highest BCUT2D eigenvalue weighted by atomic mass is 79.9. The lowest BCUT2D eigenvalue weighted by molar-refractivity contribution is -0.133. The number of nitrogens with one attached hydrogen (secondary N) is 1. The van der Waals surface area contributed by atoms with Crippen molar-refractivity contribution >= 4 is 44.4 Å². The molecular weight excluding hydrogens is 354 g/mol. The Morgan fingerprint density at radius 3 is 2.86 bits per heavy atom. The Labute approximate surface area is 135 Å². The van der Waals surface area contributed by atoms with Gasteiger partial charge in [0.1, 0.15) is 5.75 Å². The molecular formula is C16H11BrClNO2. The minimum atomic E-state index is -0.317. The van der Waals surface area contributed by atoms with Gasteiger partial charge in [0.15, 0.2) is 0 Å². The Balaban J connectivity index is 1.77. The maximum absolute atomic E-state index is 12.1. The summed E-state index contributed by atoms with van der Waals surface area (Å²) >= 11 is 9.18. The molecule has 0 aliphatic heterocycles. The van der Waals surface area contributed by atoms with E-state index in [0.717, 1.165) is 16.5 Å². The Morgan fingerprint density at radius 2 is 2.05 bits per heavy atom. The highest BCUT2D eigenvalue weighted by Crippen LogP contribution is 2.28. The van der Waals surface area contributed by atoms with Gasteiger partial charge in [-0.25, -0.2) is 0 Å². The number of fused-ring (bicyclic) bond motifs is 1. The monoisotopic (exact) mass is 363 g/mol. The minimum Gasteiger partial charge on any atom is -0.425 e. The summed E-state index contributed by atoms with van der Waals surface area (Å²) in [6.45, 7) is 0. The van der Waals surface area contributed by atoms with Gasteiger partial charge >= 0.3 is 5.97 Å². The molecule has 5 heteroatoms. The average molecular weight is 365 g/mol. The maximum atomic E-state index is 12.1. The van der Waals surface area contributed by atoms with Crippen molar-refractivity contribution in [3.63, 3.8) is 0 Å². The Kier molecular flexibility index (Phi) is 3.99. The molecule has 0 unspecified atom stereocenters. The average Bonchev–Trinajstić information content (AvgIpc) is 2.85. The number of carbonyl (C=O) groups excluding carboxylic acids is 1. The van der Waals surface area contributed by atoms with Crippen LogP contribution in [0.5, 0.6) is 5.75 Å². The number of benzene rings is 2. The Morgan fingerprint density at radius 1 is 1.24 bits per heavy atom. The van der Waals surface area contributed by atoms with Gasteiger partial charge < -0.3 is 9.72 Å². The number of carbonyl (C=O) groups is 1. The first-order valence-corrected chi connectivity index (χ1v) is 7.51. The zero-order chi connectivity index (χ0) is 14.8. The third-order valence-corrected chi connectivity index (χ3v) is 3.98. The van der Waals surface area contributed by atoms with Crippen molar-refractivity contribution in [2.45, 2.75) is 6.42 Å². The van der Waals surface area contributed by atoms with E-state index in [0.29, 0.717) is 15.2 Å².